The summed E-state index contributed by atoms with van der Waals surface area (Å²) in [6.07, 6.45) is 3.43. The highest BCUT2D eigenvalue weighted by atomic mass is 32.2. The predicted molar refractivity (Wildman–Crippen MR) is 64.3 cm³/mol. The first-order valence-electron chi connectivity index (χ1n) is 5.20. The molecule has 0 saturated heterocycles. The molecule has 0 atom stereocenters. The van der Waals surface area contributed by atoms with Gasteiger partial charge in [0.2, 0.25) is 5.91 Å². The quantitative estimate of drug-likeness (QED) is 0.831. The SMILES string of the molecule is CC(=O)Nc1ncc(S(=O)(=O)NCC2CC2)s1. The standard InChI is InChI=1S/C9H13N3O3S2/c1-6(13)12-9-10-5-8(16-9)17(14,15)11-4-7-2-3-7/h5,7,11H,2-4H2,1H3,(H,10,12,13). The van der Waals surface area contributed by atoms with E-state index in [1.54, 1.807) is 0 Å². The summed E-state index contributed by atoms with van der Waals surface area (Å²) >= 11 is 0.947. The molecule has 1 aliphatic carbocycles. The summed E-state index contributed by atoms with van der Waals surface area (Å²) in [6.45, 7) is 1.83. The minimum Gasteiger partial charge on any atom is -0.302 e. The zero-order chi connectivity index (χ0) is 12.5. The van der Waals surface area contributed by atoms with Crippen molar-refractivity contribution in [2.45, 2.75) is 24.0 Å². The van der Waals surface area contributed by atoms with Crippen molar-refractivity contribution in [3.63, 3.8) is 0 Å². The van der Waals surface area contributed by atoms with Gasteiger partial charge in [0, 0.05) is 13.5 Å². The molecule has 8 heteroatoms. The molecule has 94 valence electrons. The van der Waals surface area contributed by atoms with Crippen LogP contribution in [-0.2, 0) is 14.8 Å². The second-order valence-electron chi connectivity index (χ2n) is 3.96. The maximum Gasteiger partial charge on any atom is 0.251 e. The Hall–Kier alpha value is -0.990. The zero-order valence-corrected chi connectivity index (χ0v) is 10.9. The maximum absolute atomic E-state index is 11.8. The van der Waals surface area contributed by atoms with Crippen LogP contribution in [0.2, 0.25) is 0 Å². The summed E-state index contributed by atoms with van der Waals surface area (Å²) < 4.78 is 26.3. The molecule has 0 unspecified atom stereocenters. The van der Waals surface area contributed by atoms with Gasteiger partial charge in [-0.25, -0.2) is 18.1 Å². The smallest absolute Gasteiger partial charge is 0.251 e. The van der Waals surface area contributed by atoms with Crippen LogP contribution in [0.5, 0.6) is 0 Å². The van der Waals surface area contributed by atoms with Crippen LogP contribution in [0.25, 0.3) is 0 Å². The summed E-state index contributed by atoms with van der Waals surface area (Å²) in [5.41, 5.74) is 0. The summed E-state index contributed by atoms with van der Waals surface area (Å²) in [5, 5.41) is 2.75. The van der Waals surface area contributed by atoms with Crippen molar-refractivity contribution in [2.24, 2.45) is 5.92 Å². The summed E-state index contributed by atoms with van der Waals surface area (Å²) in [4.78, 5) is 14.6. The number of aromatic nitrogens is 1. The van der Waals surface area contributed by atoms with Crippen molar-refractivity contribution in [1.82, 2.24) is 9.71 Å². The van der Waals surface area contributed by atoms with Gasteiger partial charge < -0.3 is 5.32 Å². The third-order valence-corrected chi connectivity index (χ3v) is 5.09. The molecule has 0 bridgehead atoms. The van der Waals surface area contributed by atoms with Crippen molar-refractivity contribution in [1.29, 1.82) is 0 Å². The first-order chi connectivity index (χ1) is 7.97. The lowest BCUT2D eigenvalue weighted by Gasteiger charge is -2.01. The van der Waals surface area contributed by atoms with Gasteiger partial charge in [0.05, 0.1) is 6.20 Å². The first-order valence-corrected chi connectivity index (χ1v) is 7.50. The number of anilines is 1. The van der Waals surface area contributed by atoms with E-state index in [9.17, 15) is 13.2 Å². The molecule has 1 fully saturated rings. The number of nitrogens with one attached hydrogen (secondary N) is 2. The largest absolute Gasteiger partial charge is 0.302 e. The Kier molecular flexibility index (Phi) is 3.45. The van der Waals surface area contributed by atoms with E-state index in [4.69, 9.17) is 0 Å². The molecule has 1 heterocycles. The van der Waals surface area contributed by atoms with Gasteiger partial charge in [-0.3, -0.25) is 4.79 Å². The Morgan fingerprint density at radius 2 is 2.29 bits per heavy atom. The van der Waals surface area contributed by atoms with Gasteiger partial charge in [0.15, 0.2) is 9.34 Å². The summed E-state index contributed by atoms with van der Waals surface area (Å²) in [6, 6.07) is 0. The lowest BCUT2D eigenvalue weighted by molar-refractivity contribution is -0.114. The molecule has 0 aliphatic heterocycles. The number of carbonyl (C=O) groups is 1. The van der Waals surface area contributed by atoms with E-state index in [1.165, 1.54) is 13.1 Å². The minimum absolute atomic E-state index is 0.127. The minimum atomic E-state index is -3.48. The lowest BCUT2D eigenvalue weighted by atomic mass is 10.4. The fraction of sp³-hybridized carbons (Fsp3) is 0.556. The average molecular weight is 275 g/mol. The monoisotopic (exact) mass is 275 g/mol. The molecule has 1 saturated carbocycles. The van der Waals surface area contributed by atoms with E-state index in [2.05, 4.69) is 15.0 Å². The van der Waals surface area contributed by atoms with E-state index in [1.807, 2.05) is 0 Å². The molecule has 0 spiro atoms. The van der Waals surface area contributed by atoms with Gasteiger partial charge in [-0.05, 0) is 18.8 Å². The van der Waals surface area contributed by atoms with E-state index in [0.29, 0.717) is 17.6 Å². The zero-order valence-electron chi connectivity index (χ0n) is 9.26. The van der Waals surface area contributed by atoms with Crippen molar-refractivity contribution >= 4 is 32.4 Å². The third-order valence-electron chi connectivity index (χ3n) is 2.29. The molecule has 1 aromatic heterocycles. The van der Waals surface area contributed by atoms with Crippen LogP contribution in [0.15, 0.2) is 10.4 Å². The fourth-order valence-corrected chi connectivity index (χ4v) is 3.45. The number of carbonyl (C=O) groups excluding carboxylic acids is 1. The second-order valence-corrected chi connectivity index (χ2v) is 6.99. The van der Waals surface area contributed by atoms with Crippen LogP contribution in [0.1, 0.15) is 19.8 Å². The van der Waals surface area contributed by atoms with Crippen molar-refractivity contribution in [3.05, 3.63) is 6.20 Å². The number of sulfonamides is 1. The number of thiazole rings is 1. The number of nitrogens with zero attached hydrogens (tertiary/aromatic N) is 1. The molecule has 6 nitrogen and oxygen atoms in total. The van der Waals surface area contributed by atoms with Gasteiger partial charge in [0.1, 0.15) is 0 Å². The Bertz CT molecular complexity index is 519. The Morgan fingerprint density at radius 1 is 1.59 bits per heavy atom. The lowest BCUT2D eigenvalue weighted by Crippen LogP contribution is -2.25. The van der Waals surface area contributed by atoms with Crippen LogP contribution >= 0.6 is 11.3 Å². The number of rotatable bonds is 5. The highest BCUT2D eigenvalue weighted by molar-refractivity contribution is 7.91. The van der Waals surface area contributed by atoms with Crippen LogP contribution in [0, 0.1) is 5.92 Å². The molecule has 1 aliphatic rings. The molecule has 0 aromatic carbocycles. The maximum atomic E-state index is 11.8. The predicted octanol–water partition coefficient (Wildman–Crippen LogP) is 0.790. The molecule has 2 rings (SSSR count). The highest BCUT2D eigenvalue weighted by Crippen LogP contribution is 2.29. The second kappa shape index (κ2) is 4.71. The van der Waals surface area contributed by atoms with Gasteiger partial charge in [-0.2, -0.15) is 0 Å². The van der Waals surface area contributed by atoms with Gasteiger partial charge in [0.25, 0.3) is 10.0 Å². The molecule has 0 radical (unpaired) electrons. The normalized spacial score (nSPS) is 15.8. The average Bonchev–Trinajstić information content (AvgIpc) is 2.94. The molecular formula is C9H13N3O3S2. The molecular weight excluding hydrogens is 262 g/mol. The van der Waals surface area contributed by atoms with Crippen LogP contribution in [-0.4, -0.2) is 25.9 Å². The van der Waals surface area contributed by atoms with Crippen molar-refractivity contribution in [2.75, 3.05) is 11.9 Å². The molecule has 2 N–H and O–H groups in total. The summed E-state index contributed by atoms with van der Waals surface area (Å²) in [5.74, 6) is 0.210. The molecule has 17 heavy (non-hydrogen) atoms. The van der Waals surface area contributed by atoms with Gasteiger partial charge in [-0.1, -0.05) is 11.3 Å². The van der Waals surface area contributed by atoms with Crippen LogP contribution in [0.4, 0.5) is 5.13 Å². The number of hydrogen-bond acceptors (Lipinski definition) is 5. The first kappa shape index (κ1) is 12.5. The van der Waals surface area contributed by atoms with E-state index in [0.717, 1.165) is 24.2 Å². The summed E-state index contributed by atoms with van der Waals surface area (Å²) in [7, 11) is -3.48. The van der Waals surface area contributed by atoms with Gasteiger partial charge in [-0.15, -0.1) is 0 Å². The Morgan fingerprint density at radius 3 is 2.88 bits per heavy atom. The topological polar surface area (TPSA) is 88.2 Å². The van der Waals surface area contributed by atoms with E-state index >= 15 is 0 Å². The van der Waals surface area contributed by atoms with E-state index < -0.39 is 10.0 Å². The molecule has 1 aromatic rings. The third kappa shape index (κ3) is 3.48. The van der Waals surface area contributed by atoms with Crippen molar-refractivity contribution in [3.8, 4) is 0 Å². The van der Waals surface area contributed by atoms with E-state index in [-0.39, 0.29) is 10.1 Å². The van der Waals surface area contributed by atoms with Crippen LogP contribution in [0.3, 0.4) is 0 Å². The number of hydrogen-bond donors (Lipinski definition) is 2. The highest BCUT2D eigenvalue weighted by Gasteiger charge is 2.25. The molecule has 1 amide bonds. The fourth-order valence-electron chi connectivity index (χ4n) is 1.21. The number of amides is 1. The van der Waals surface area contributed by atoms with Gasteiger partial charge >= 0.3 is 0 Å². The van der Waals surface area contributed by atoms with Crippen LogP contribution < -0.4 is 10.0 Å². The Balaban J connectivity index is 2.03. The Labute approximate surface area is 103 Å². The van der Waals surface area contributed by atoms with Crippen molar-refractivity contribution < 1.29 is 13.2 Å².